The zero-order chi connectivity index (χ0) is 9.97. The second kappa shape index (κ2) is 4.30. The lowest BCUT2D eigenvalue weighted by molar-refractivity contribution is -0.132. The summed E-state index contributed by atoms with van der Waals surface area (Å²) in [6.07, 6.45) is 6.69. The van der Waals surface area contributed by atoms with Gasteiger partial charge in [0.15, 0.2) is 0 Å². The molecule has 14 heavy (non-hydrogen) atoms. The number of nitrogens with two attached hydrogens (primary N) is 1. The monoisotopic (exact) mass is 196 g/mol. The Morgan fingerprint density at radius 2 is 2.00 bits per heavy atom. The van der Waals surface area contributed by atoms with Gasteiger partial charge in [-0.3, -0.25) is 4.79 Å². The molecule has 0 unspecified atom stereocenters. The van der Waals surface area contributed by atoms with Gasteiger partial charge < -0.3 is 10.6 Å². The molecule has 2 aliphatic rings. The fraction of sp³-hybridized carbons (Fsp3) is 0.909. The first-order valence-corrected chi connectivity index (χ1v) is 5.81. The SMILES string of the molecule is NCCCN(C(=O)CC1CC1)C1CC1. The molecule has 2 aliphatic carbocycles. The van der Waals surface area contributed by atoms with Crippen LogP contribution >= 0.6 is 0 Å². The minimum absolute atomic E-state index is 0.378. The normalized spacial score (nSPS) is 20.9. The number of nitrogens with zero attached hydrogens (tertiary/aromatic N) is 1. The standard InChI is InChI=1S/C11H20N2O/c12-6-1-7-13(10-4-5-10)11(14)8-9-2-3-9/h9-10H,1-8,12H2. The van der Waals surface area contributed by atoms with Gasteiger partial charge in [0.1, 0.15) is 0 Å². The van der Waals surface area contributed by atoms with Gasteiger partial charge in [-0.1, -0.05) is 0 Å². The number of hydrogen-bond donors (Lipinski definition) is 1. The molecule has 0 spiro atoms. The van der Waals surface area contributed by atoms with Crippen molar-refractivity contribution in [2.75, 3.05) is 13.1 Å². The Labute approximate surface area is 85.6 Å². The van der Waals surface area contributed by atoms with E-state index in [9.17, 15) is 4.79 Å². The molecule has 2 fully saturated rings. The second-order valence-corrected chi connectivity index (χ2v) is 4.61. The Morgan fingerprint density at radius 1 is 1.29 bits per heavy atom. The van der Waals surface area contributed by atoms with Gasteiger partial charge in [-0.15, -0.1) is 0 Å². The van der Waals surface area contributed by atoms with E-state index >= 15 is 0 Å². The predicted octanol–water partition coefficient (Wildman–Crippen LogP) is 1.13. The average Bonchev–Trinajstić information content (AvgIpc) is 2.98. The summed E-state index contributed by atoms with van der Waals surface area (Å²) < 4.78 is 0. The topological polar surface area (TPSA) is 46.3 Å². The van der Waals surface area contributed by atoms with Crippen molar-refractivity contribution in [2.45, 2.75) is 44.6 Å². The van der Waals surface area contributed by atoms with E-state index in [1.807, 2.05) is 0 Å². The highest BCUT2D eigenvalue weighted by Crippen LogP contribution is 2.35. The molecule has 2 N–H and O–H groups in total. The summed E-state index contributed by atoms with van der Waals surface area (Å²) in [7, 11) is 0. The summed E-state index contributed by atoms with van der Waals surface area (Å²) in [5.41, 5.74) is 5.47. The predicted molar refractivity (Wildman–Crippen MR) is 55.7 cm³/mol. The van der Waals surface area contributed by atoms with Gasteiger partial charge in [-0.25, -0.2) is 0 Å². The Kier molecular flexibility index (Phi) is 3.06. The summed E-state index contributed by atoms with van der Waals surface area (Å²) in [6.45, 7) is 1.58. The van der Waals surface area contributed by atoms with Crippen LogP contribution in [0.3, 0.4) is 0 Å². The van der Waals surface area contributed by atoms with Crippen molar-refractivity contribution in [2.24, 2.45) is 11.7 Å². The van der Waals surface area contributed by atoms with Crippen LogP contribution in [-0.4, -0.2) is 29.9 Å². The number of carbonyl (C=O) groups is 1. The van der Waals surface area contributed by atoms with Crippen LogP contribution in [0.1, 0.15) is 38.5 Å². The third kappa shape index (κ3) is 2.71. The molecule has 0 saturated heterocycles. The molecule has 0 aliphatic heterocycles. The first-order chi connectivity index (χ1) is 6.81. The van der Waals surface area contributed by atoms with Crippen LogP contribution in [0.5, 0.6) is 0 Å². The minimum atomic E-state index is 0.378. The molecule has 3 nitrogen and oxygen atoms in total. The first kappa shape index (κ1) is 9.97. The summed E-state index contributed by atoms with van der Waals surface area (Å²) >= 11 is 0. The molecule has 2 rings (SSSR count). The molecule has 1 amide bonds. The maximum Gasteiger partial charge on any atom is 0.223 e. The minimum Gasteiger partial charge on any atom is -0.340 e. The van der Waals surface area contributed by atoms with Crippen molar-refractivity contribution >= 4 is 5.91 Å². The molecule has 0 radical (unpaired) electrons. The van der Waals surface area contributed by atoms with E-state index in [1.165, 1.54) is 25.7 Å². The number of rotatable bonds is 6. The Hall–Kier alpha value is -0.570. The van der Waals surface area contributed by atoms with Crippen LogP contribution in [0.25, 0.3) is 0 Å². The lowest BCUT2D eigenvalue weighted by Crippen LogP contribution is -2.35. The van der Waals surface area contributed by atoms with E-state index in [4.69, 9.17) is 5.73 Å². The fourth-order valence-electron chi connectivity index (χ4n) is 1.84. The highest BCUT2D eigenvalue weighted by molar-refractivity contribution is 5.77. The highest BCUT2D eigenvalue weighted by Gasteiger charge is 2.34. The van der Waals surface area contributed by atoms with Gasteiger partial charge in [0.05, 0.1) is 0 Å². The third-order valence-corrected chi connectivity index (χ3v) is 3.07. The smallest absolute Gasteiger partial charge is 0.223 e. The molecule has 80 valence electrons. The summed E-state index contributed by atoms with van der Waals surface area (Å²) in [6, 6.07) is 0.563. The van der Waals surface area contributed by atoms with Crippen molar-refractivity contribution in [1.29, 1.82) is 0 Å². The van der Waals surface area contributed by atoms with E-state index in [-0.39, 0.29) is 0 Å². The van der Waals surface area contributed by atoms with Crippen LogP contribution in [0, 0.1) is 5.92 Å². The Balaban J connectivity index is 1.77. The maximum absolute atomic E-state index is 11.9. The summed E-state index contributed by atoms with van der Waals surface area (Å²) in [5, 5.41) is 0. The van der Waals surface area contributed by atoms with Crippen LogP contribution in [0.15, 0.2) is 0 Å². The summed E-state index contributed by atoms with van der Waals surface area (Å²) in [5.74, 6) is 1.09. The molecule has 3 heteroatoms. The van der Waals surface area contributed by atoms with Gasteiger partial charge in [0.2, 0.25) is 5.91 Å². The van der Waals surface area contributed by atoms with Crippen LogP contribution in [-0.2, 0) is 4.79 Å². The molecule has 0 aromatic heterocycles. The fourth-order valence-corrected chi connectivity index (χ4v) is 1.84. The Bertz CT molecular complexity index is 209. The zero-order valence-corrected chi connectivity index (χ0v) is 8.74. The molecule has 2 saturated carbocycles. The number of amides is 1. The van der Waals surface area contributed by atoms with Gasteiger partial charge in [0, 0.05) is 19.0 Å². The first-order valence-electron chi connectivity index (χ1n) is 5.81. The lowest BCUT2D eigenvalue weighted by Gasteiger charge is -2.22. The summed E-state index contributed by atoms with van der Waals surface area (Å²) in [4.78, 5) is 13.9. The maximum atomic E-state index is 11.9. The molecule has 0 aromatic rings. The lowest BCUT2D eigenvalue weighted by atomic mass is 10.2. The van der Waals surface area contributed by atoms with Crippen LogP contribution in [0.2, 0.25) is 0 Å². The van der Waals surface area contributed by atoms with E-state index in [1.54, 1.807) is 0 Å². The van der Waals surface area contributed by atoms with Crippen molar-refractivity contribution < 1.29 is 4.79 Å². The van der Waals surface area contributed by atoms with Gasteiger partial charge in [-0.2, -0.15) is 0 Å². The molecular weight excluding hydrogens is 176 g/mol. The van der Waals surface area contributed by atoms with E-state index in [2.05, 4.69) is 4.90 Å². The molecule has 0 heterocycles. The molecule has 0 bridgehead atoms. The van der Waals surface area contributed by atoms with Gasteiger partial charge in [-0.05, 0) is 44.6 Å². The van der Waals surface area contributed by atoms with E-state index in [0.717, 1.165) is 19.4 Å². The van der Waals surface area contributed by atoms with Crippen LogP contribution < -0.4 is 5.73 Å². The molecular formula is C11H20N2O. The van der Waals surface area contributed by atoms with Crippen LogP contribution in [0.4, 0.5) is 0 Å². The number of hydrogen-bond acceptors (Lipinski definition) is 2. The second-order valence-electron chi connectivity index (χ2n) is 4.61. The zero-order valence-electron chi connectivity index (χ0n) is 8.74. The molecule has 0 atom stereocenters. The molecule has 0 aromatic carbocycles. The quantitative estimate of drug-likeness (QED) is 0.692. The van der Waals surface area contributed by atoms with E-state index < -0.39 is 0 Å². The highest BCUT2D eigenvalue weighted by atomic mass is 16.2. The Morgan fingerprint density at radius 3 is 2.50 bits per heavy atom. The average molecular weight is 196 g/mol. The third-order valence-electron chi connectivity index (χ3n) is 3.07. The van der Waals surface area contributed by atoms with E-state index in [0.29, 0.717) is 24.4 Å². The van der Waals surface area contributed by atoms with Crippen molar-refractivity contribution in [3.63, 3.8) is 0 Å². The van der Waals surface area contributed by atoms with Crippen molar-refractivity contribution in [3.8, 4) is 0 Å². The van der Waals surface area contributed by atoms with Gasteiger partial charge >= 0.3 is 0 Å². The van der Waals surface area contributed by atoms with Crippen molar-refractivity contribution in [1.82, 2.24) is 4.90 Å². The van der Waals surface area contributed by atoms with Gasteiger partial charge in [0.25, 0.3) is 0 Å². The number of carbonyl (C=O) groups excluding carboxylic acids is 1. The largest absolute Gasteiger partial charge is 0.340 e. The van der Waals surface area contributed by atoms with Crippen molar-refractivity contribution in [3.05, 3.63) is 0 Å².